The molecule has 9 nitrogen and oxygen atoms in total. The van der Waals surface area contributed by atoms with Crippen LogP contribution >= 0.6 is 22.9 Å². The summed E-state index contributed by atoms with van der Waals surface area (Å²) in [5.41, 5.74) is 3.52. The topological polar surface area (TPSA) is 123 Å². The Labute approximate surface area is 212 Å². The molecule has 188 valence electrons. The van der Waals surface area contributed by atoms with E-state index in [0.717, 1.165) is 35.9 Å². The SMILES string of the molecule is CCOC(=O)c1c(NC(=O)C(=O)N/N=C/C2=COC3CCC(Cl)CC3C2=O)sc2c1CCC(C)C2. The minimum atomic E-state index is -1.03. The van der Waals surface area contributed by atoms with Crippen LogP contribution < -0.4 is 10.7 Å². The molecule has 4 atom stereocenters. The van der Waals surface area contributed by atoms with Crippen LogP contribution in [0.25, 0.3) is 0 Å². The standard InChI is InChI=1S/C24H28ClN3O6S/c1-3-33-24(32)19-15-6-4-12(2)8-18(15)35-23(19)27-21(30)22(31)28-26-10-13-11-34-17-7-5-14(25)9-16(17)20(13)29/h10-12,14,16-17H,3-9H2,1-2H3,(H,27,30)(H,28,31)/b26-10+. The number of Topliss-reactive ketones (excluding diaryl/α,β-unsaturated/α-hetero) is 1. The first-order valence-corrected chi connectivity index (χ1v) is 13.0. The largest absolute Gasteiger partial charge is 0.496 e. The lowest BCUT2D eigenvalue weighted by Crippen LogP contribution is -2.40. The molecular formula is C24H28ClN3O6S. The number of ketones is 1. The quantitative estimate of drug-likeness (QED) is 0.201. The van der Waals surface area contributed by atoms with Gasteiger partial charge >= 0.3 is 17.8 Å². The van der Waals surface area contributed by atoms with Crippen molar-refractivity contribution in [3.8, 4) is 0 Å². The number of carbonyl (C=O) groups excluding carboxylic acids is 4. The first-order valence-electron chi connectivity index (χ1n) is 11.8. The Bertz CT molecular complexity index is 1100. The van der Waals surface area contributed by atoms with Crippen LogP contribution in [0.4, 0.5) is 5.00 Å². The Morgan fingerprint density at radius 3 is 2.86 bits per heavy atom. The van der Waals surface area contributed by atoms with Gasteiger partial charge in [0.1, 0.15) is 11.1 Å². The van der Waals surface area contributed by atoms with E-state index in [1.54, 1.807) is 6.92 Å². The van der Waals surface area contributed by atoms with Crippen LogP contribution in [0.15, 0.2) is 16.9 Å². The van der Waals surface area contributed by atoms with Crippen molar-refractivity contribution in [2.24, 2.45) is 16.9 Å². The zero-order chi connectivity index (χ0) is 25.1. The second kappa shape index (κ2) is 10.9. The summed E-state index contributed by atoms with van der Waals surface area (Å²) in [5.74, 6) is -2.54. The smallest absolute Gasteiger partial charge is 0.341 e. The molecule has 0 aromatic carbocycles. The third kappa shape index (κ3) is 5.59. The summed E-state index contributed by atoms with van der Waals surface area (Å²) in [6.45, 7) is 4.05. The van der Waals surface area contributed by atoms with Crippen LogP contribution in [0.1, 0.15) is 60.3 Å². The van der Waals surface area contributed by atoms with Gasteiger partial charge in [-0.3, -0.25) is 14.4 Å². The molecule has 0 saturated heterocycles. The molecule has 0 bridgehead atoms. The number of allylic oxidation sites excluding steroid dienone is 1. The highest BCUT2D eigenvalue weighted by atomic mass is 35.5. The lowest BCUT2D eigenvalue weighted by Gasteiger charge is -2.35. The van der Waals surface area contributed by atoms with Gasteiger partial charge in [-0.15, -0.1) is 22.9 Å². The van der Waals surface area contributed by atoms with Crippen LogP contribution in [-0.2, 0) is 36.7 Å². The van der Waals surface area contributed by atoms with Crippen molar-refractivity contribution in [2.45, 2.75) is 63.9 Å². The number of alkyl halides is 1. The number of nitrogens with zero attached hydrogens (tertiary/aromatic N) is 1. The van der Waals surface area contributed by atoms with E-state index in [9.17, 15) is 19.2 Å². The summed E-state index contributed by atoms with van der Waals surface area (Å²) in [7, 11) is 0. The van der Waals surface area contributed by atoms with Crippen LogP contribution in [0, 0.1) is 11.8 Å². The highest BCUT2D eigenvalue weighted by Gasteiger charge is 2.39. The third-order valence-electron chi connectivity index (χ3n) is 6.51. The van der Waals surface area contributed by atoms with Gasteiger partial charge in [0, 0.05) is 10.3 Å². The number of rotatable bonds is 5. The van der Waals surface area contributed by atoms with Gasteiger partial charge in [-0.2, -0.15) is 5.10 Å². The number of nitrogens with one attached hydrogen (secondary N) is 2. The van der Waals surface area contributed by atoms with Crippen molar-refractivity contribution in [1.82, 2.24) is 5.43 Å². The molecule has 2 heterocycles. The second-order valence-corrected chi connectivity index (χ2v) is 10.8. The number of hydrogen-bond donors (Lipinski definition) is 2. The summed E-state index contributed by atoms with van der Waals surface area (Å²) < 4.78 is 10.8. The van der Waals surface area contributed by atoms with E-state index in [1.165, 1.54) is 17.6 Å². The number of amides is 2. The van der Waals surface area contributed by atoms with Gasteiger partial charge in [-0.1, -0.05) is 6.92 Å². The molecule has 2 N–H and O–H groups in total. The average molecular weight is 522 g/mol. The van der Waals surface area contributed by atoms with E-state index in [1.807, 2.05) is 0 Å². The van der Waals surface area contributed by atoms with Gasteiger partial charge < -0.3 is 14.8 Å². The molecule has 1 aromatic heterocycles. The number of fused-ring (bicyclic) bond motifs is 2. The van der Waals surface area contributed by atoms with E-state index in [-0.39, 0.29) is 35.4 Å². The van der Waals surface area contributed by atoms with Crippen molar-refractivity contribution in [1.29, 1.82) is 0 Å². The summed E-state index contributed by atoms with van der Waals surface area (Å²) in [4.78, 5) is 51.2. The van der Waals surface area contributed by atoms with Gasteiger partial charge in [-0.05, 0) is 56.9 Å². The number of halogens is 1. The van der Waals surface area contributed by atoms with Gasteiger partial charge in [0.15, 0.2) is 5.78 Å². The Kier molecular flexibility index (Phi) is 7.91. The number of esters is 1. The normalized spacial score (nSPS) is 25.7. The maximum atomic E-state index is 12.7. The Morgan fingerprint density at radius 2 is 2.09 bits per heavy atom. The Hall–Kier alpha value is -2.72. The molecule has 4 unspecified atom stereocenters. The molecule has 1 saturated carbocycles. The van der Waals surface area contributed by atoms with Crippen molar-refractivity contribution < 1.29 is 28.7 Å². The van der Waals surface area contributed by atoms with E-state index in [4.69, 9.17) is 21.1 Å². The molecule has 2 aliphatic carbocycles. The first-order chi connectivity index (χ1) is 16.8. The number of ether oxygens (including phenoxy) is 2. The Balaban J connectivity index is 1.40. The van der Waals surface area contributed by atoms with E-state index >= 15 is 0 Å². The van der Waals surface area contributed by atoms with E-state index in [0.29, 0.717) is 35.7 Å². The summed E-state index contributed by atoms with van der Waals surface area (Å²) >= 11 is 7.49. The minimum absolute atomic E-state index is 0.0749. The molecule has 2 amide bonds. The van der Waals surface area contributed by atoms with Crippen molar-refractivity contribution in [3.63, 3.8) is 0 Å². The molecule has 1 aliphatic heterocycles. The van der Waals surface area contributed by atoms with Crippen molar-refractivity contribution >= 4 is 57.7 Å². The lowest BCUT2D eigenvalue weighted by atomic mass is 9.80. The van der Waals surface area contributed by atoms with Crippen LogP contribution in [0.5, 0.6) is 0 Å². The molecule has 11 heteroatoms. The molecule has 1 aromatic rings. The predicted octanol–water partition coefficient (Wildman–Crippen LogP) is 3.35. The van der Waals surface area contributed by atoms with E-state index in [2.05, 4.69) is 22.8 Å². The summed E-state index contributed by atoms with van der Waals surface area (Å²) in [5, 5.41) is 6.50. The first kappa shape index (κ1) is 25.4. The highest BCUT2D eigenvalue weighted by Crippen LogP contribution is 2.40. The van der Waals surface area contributed by atoms with Crippen LogP contribution in [-0.4, -0.2) is 47.9 Å². The third-order valence-corrected chi connectivity index (χ3v) is 8.07. The average Bonchev–Trinajstić information content (AvgIpc) is 3.17. The molecule has 0 spiro atoms. The maximum absolute atomic E-state index is 12.7. The fourth-order valence-electron chi connectivity index (χ4n) is 4.69. The zero-order valence-corrected chi connectivity index (χ0v) is 21.2. The van der Waals surface area contributed by atoms with Crippen LogP contribution in [0.3, 0.4) is 0 Å². The summed E-state index contributed by atoms with van der Waals surface area (Å²) in [6, 6.07) is 0. The lowest BCUT2D eigenvalue weighted by molar-refractivity contribution is -0.136. The van der Waals surface area contributed by atoms with E-state index < -0.39 is 17.8 Å². The molecule has 0 radical (unpaired) electrons. The monoisotopic (exact) mass is 521 g/mol. The van der Waals surface area contributed by atoms with Crippen LogP contribution in [0.2, 0.25) is 0 Å². The Morgan fingerprint density at radius 1 is 1.29 bits per heavy atom. The van der Waals surface area contributed by atoms with Gasteiger partial charge in [0.2, 0.25) is 0 Å². The maximum Gasteiger partial charge on any atom is 0.341 e. The fourth-order valence-corrected chi connectivity index (χ4v) is 6.40. The minimum Gasteiger partial charge on any atom is -0.496 e. The van der Waals surface area contributed by atoms with Crippen molar-refractivity contribution in [3.05, 3.63) is 27.8 Å². The number of hydrogen-bond acceptors (Lipinski definition) is 8. The zero-order valence-electron chi connectivity index (χ0n) is 19.6. The van der Waals surface area contributed by atoms with Gasteiger partial charge in [0.25, 0.3) is 0 Å². The van der Waals surface area contributed by atoms with Crippen molar-refractivity contribution in [2.75, 3.05) is 11.9 Å². The number of anilines is 1. The molecular weight excluding hydrogens is 494 g/mol. The number of hydrazone groups is 1. The number of carbonyl (C=O) groups is 4. The predicted molar refractivity (Wildman–Crippen MR) is 132 cm³/mol. The molecule has 3 aliphatic rings. The molecule has 1 fully saturated rings. The van der Waals surface area contributed by atoms with Gasteiger partial charge in [0.05, 0.1) is 36.1 Å². The summed E-state index contributed by atoms with van der Waals surface area (Å²) in [6.07, 6.45) is 6.78. The second-order valence-electron chi connectivity index (χ2n) is 9.06. The molecule has 35 heavy (non-hydrogen) atoms. The highest BCUT2D eigenvalue weighted by molar-refractivity contribution is 7.17. The molecule has 4 rings (SSSR count). The number of thiophene rings is 1. The fraction of sp³-hybridized carbons (Fsp3) is 0.542. The van der Waals surface area contributed by atoms with Gasteiger partial charge in [-0.25, -0.2) is 10.2 Å².